The highest BCUT2D eigenvalue weighted by molar-refractivity contribution is 9.10. The van der Waals surface area contributed by atoms with Crippen LogP contribution >= 0.6 is 27.3 Å². The van der Waals surface area contributed by atoms with Crippen molar-refractivity contribution in [3.05, 3.63) is 38.3 Å². The van der Waals surface area contributed by atoms with Crippen LogP contribution in [0.4, 0.5) is 0 Å². The summed E-state index contributed by atoms with van der Waals surface area (Å²) in [7, 11) is 0. The van der Waals surface area contributed by atoms with Crippen LogP contribution in [0.3, 0.4) is 0 Å². The molecule has 22 heavy (non-hydrogen) atoms. The fourth-order valence-corrected chi connectivity index (χ4v) is 3.57. The zero-order valence-electron chi connectivity index (χ0n) is 12.2. The highest BCUT2D eigenvalue weighted by Crippen LogP contribution is 2.37. The predicted molar refractivity (Wildman–Crippen MR) is 87.9 cm³/mol. The largest absolute Gasteiger partial charge is 0.486 e. The summed E-state index contributed by atoms with van der Waals surface area (Å²) >= 11 is 4.91. The van der Waals surface area contributed by atoms with Gasteiger partial charge in [0, 0.05) is 4.47 Å². The Morgan fingerprint density at radius 2 is 2.05 bits per heavy atom. The third-order valence-corrected chi connectivity index (χ3v) is 4.92. The summed E-state index contributed by atoms with van der Waals surface area (Å²) < 4.78 is 12.0. The van der Waals surface area contributed by atoms with Gasteiger partial charge in [-0.25, -0.2) is 4.98 Å². The van der Waals surface area contributed by atoms with E-state index in [0.717, 1.165) is 20.8 Å². The van der Waals surface area contributed by atoms with Crippen LogP contribution in [0, 0.1) is 6.92 Å². The van der Waals surface area contributed by atoms with E-state index in [1.165, 1.54) is 11.3 Å². The maximum atomic E-state index is 12.2. The summed E-state index contributed by atoms with van der Waals surface area (Å²) in [6.45, 7) is 4.90. The molecule has 7 heteroatoms. The molecule has 1 aliphatic heterocycles. The van der Waals surface area contributed by atoms with Crippen LogP contribution in [0.5, 0.6) is 11.5 Å². The quantitative estimate of drug-likeness (QED) is 0.882. The first-order valence-corrected chi connectivity index (χ1v) is 8.48. The molecule has 116 valence electrons. The van der Waals surface area contributed by atoms with Crippen molar-refractivity contribution >= 4 is 33.2 Å². The minimum Gasteiger partial charge on any atom is -0.486 e. The van der Waals surface area contributed by atoms with E-state index < -0.39 is 0 Å². The second-order valence-corrected chi connectivity index (χ2v) is 7.05. The molecule has 1 aliphatic rings. The number of nitrogens with zero attached hydrogens (tertiary/aromatic N) is 1. The van der Waals surface area contributed by atoms with Crippen molar-refractivity contribution in [3.63, 3.8) is 0 Å². The number of fused-ring (bicyclic) bond motifs is 1. The number of halogens is 1. The van der Waals surface area contributed by atoms with Crippen molar-refractivity contribution in [2.75, 3.05) is 13.2 Å². The predicted octanol–water partition coefficient (Wildman–Crippen LogP) is 3.48. The number of hydrogen-bond acceptors (Lipinski definition) is 5. The molecule has 0 saturated carbocycles. The maximum absolute atomic E-state index is 12.2. The third-order valence-electron chi connectivity index (χ3n) is 3.32. The van der Waals surface area contributed by atoms with Crippen molar-refractivity contribution in [2.24, 2.45) is 0 Å². The lowest BCUT2D eigenvalue weighted by molar-refractivity contribution is 0.0943. The molecule has 0 aliphatic carbocycles. The molecule has 1 N–H and O–H groups in total. The average Bonchev–Trinajstić information content (AvgIpc) is 2.93. The van der Waals surface area contributed by atoms with Gasteiger partial charge in [-0.1, -0.05) is 15.9 Å². The Morgan fingerprint density at radius 3 is 2.68 bits per heavy atom. The fourth-order valence-electron chi connectivity index (χ4n) is 2.22. The Labute approximate surface area is 140 Å². The molecule has 0 saturated heterocycles. The minimum atomic E-state index is -0.167. The Hall–Kier alpha value is -1.60. The number of aryl methyl sites for hydroxylation is 1. The number of thiazole rings is 1. The van der Waals surface area contributed by atoms with Gasteiger partial charge in [0.05, 0.1) is 17.2 Å². The minimum absolute atomic E-state index is 0.125. The summed E-state index contributed by atoms with van der Waals surface area (Å²) in [4.78, 5) is 16.9. The van der Waals surface area contributed by atoms with Gasteiger partial charge in [0.1, 0.15) is 18.1 Å². The first-order chi connectivity index (χ1) is 10.5. The molecule has 1 amide bonds. The number of carbonyl (C=O) groups is 1. The van der Waals surface area contributed by atoms with Crippen molar-refractivity contribution in [2.45, 2.75) is 19.9 Å². The van der Waals surface area contributed by atoms with Crippen molar-refractivity contribution < 1.29 is 14.3 Å². The Bertz CT molecular complexity index is 717. The second-order valence-electron chi connectivity index (χ2n) is 4.96. The zero-order chi connectivity index (χ0) is 15.7. The summed E-state index contributed by atoms with van der Waals surface area (Å²) in [5, 5.41) is 3.85. The number of hydrogen-bond donors (Lipinski definition) is 1. The molecule has 0 bridgehead atoms. The molecule has 2 aromatic rings. The Morgan fingerprint density at radius 1 is 1.36 bits per heavy atom. The summed E-state index contributed by atoms with van der Waals surface area (Å²) in [6.07, 6.45) is 1.60. The summed E-state index contributed by atoms with van der Waals surface area (Å²) in [5.74, 6) is 1.30. The van der Waals surface area contributed by atoms with E-state index in [-0.39, 0.29) is 11.9 Å². The molecule has 1 aromatic carbocycles. The number of nitrogens with one attached hydrogen (secondary N) is 1. The summed E-state index contributed by atoms with van der Waals surface area (Å²) in [5.41, 5.74) is 0.943. The standard InChI is InChI=1S/C15H15BrN2O3S/c1-8(18-15(19)14-7-17-9(2)22-14)10-5-12-13(6-11(10)16)21-4-3-20-12/h5-8H,3-4H2,1-2H3,(H,18,19). The van der Waals surface area contributed by atoms with Gasteiger partial charge in [0.25, 0.3) is 5.91 Å². The highest BCUT2D eigenvalue weighted by Gasteiger charge is 2.20. The van der Waals surface area contributed by atoms with Gasteiger partial charge in [-0.3, -0.25) is 4.79 Å². The first-order valence-electron chi connectivity index (χ1n) is 6.87. The van der Waals surface area contributed by atoms with Crippen LogP contribution in [0.15, 0.2) is 22.8 Å². The van der Waals surface area contributed by atoms with E-state index in [0.29, 0.717) is 23.8 Å². The van der Waals surface area contributed by atoms with E-state index in [9.17, 15) is 4.79 Å². The van der Waals surface area contributed by atoms with E-state index in [1.54, 1.807) is 6.20 Å². The number of aromatic nitrogens is 1. The first kappa shape index (κ1) is 15.3. The normalized spacial score (nSPS) is 14.5. The van der Waals surface area contributed by atoms with E-state index in [2.05, 4.69) is 26.2 Å². The van der Waals surface area contributed by atoms with Crippen LogP contribution in [0.1, 0.15) is 33.2 Å². The van der Waals surface area contributed by atoms with Crippen LogP contribution in [-0.4, -0.2) is 24.1 Å². The molecular formula is C15H15BrN2O3S. The molecule has 0 spiro atoms. The van der Waals surface area contributed by atoms with E-state index in [4.69, 9.17) is 9.47 Å². The number of rotatable bonds is 3. The van der Waals surface area contributed by atoms with Gasteiger partial charge < -0.3 is 14.8 Å². The van der Waals surface area contributed by atoms with Gasteiger partial charge in [-0.2, -0.15) is 0 Å². The highest BCUT2D eigenvalue weighted by atomic mass is 79.9. The van der Waals surface area contributed by atoms with Gasteiger partial charge in [0.15, 0.2) is 11.5 Å². The number of carbonyl (C=O) groups excluding carboxylic acids is 1. The van der Waals surface area contributed by atoms with Crippen molar-refractivity contribution in [1.29, 1.82) is 0 Å². The van der Waals surface area contributed by atoms with Crippen LogP contribution in [-0.2, 0) is 0 Å². The van der Waals surface area contributed by atoms with Gasteiger partial charge >= 0.3 is 0 Å². The van der Waals surface area contributed by atoms with Gasteiger partial charge in [0.2, 0.25) is 0 Å². The number of benzene rings is 1. The van der Waals surface area contributed by atoms with E-state index >= 15 is 0 Å². The van der Waals surface area contributed by atoms with E-state index in [1.807, 2.05) is 26.0 Å². The van der Waals surface area contributed by atoms with Gasteiger partial charge in [-0.05, 0) is 31.5 Å². The lowest BCUT2D eigenvalue weighted by atomic mass is 10.1. The van der Waals surface area contributed by atoms with Crippen molar-refractivity contribution in [3.8, 4) is 11.5 Å². The third kappa shape index (κ3) is 3.10. The van der Waals surface area contributed by atoms with Gasteiger partial charge in [-0.15, -0.1) is 11.3 Å². The monoisotopic (exact) mass is 382 g/mol. The molecule has 1 atom stereocenters. The lowest BCUT2D eigenvalue weighted by Gasteiger charge is -2.22. The molecular weight excluding hydrogens is 368 g/mol. The van der Waals surface area contributed by atoms with Crippen LogP contribution in [0.2, 0.25) is 0 Å². The molecule has 3 rings (SSSR count). The maximum Gasteiger partial charge on any atom is 0.263 e. The average molecular weight is 383 g/mol. The number of ether oxygens (including phenoxy) is 2. The molecule has 1 aromatic heterocycles. The zero-order valence-corrected chi connectivity index (χ0v) is 14.6. The smallest absolute Gasteiger partial charge is 0.263 e. The SMILES string of the molecule is Cc1ncc(C(=O)NC(C)c2cc3c(cc2Br)OCCO3)s1. The Balaban J connectivity index is 1.80. The molecule has 0 radical (unpaired) electrons. The lowest BCUT2D eigenvalue weighted by Crippen LogP contribution is -2.26. The fraction of sp³-hybridized carbons (Fsp3) is 0.333. The topological polar surface area (TPSA) is 60.5 Å². The van der Waals surface area contributed by atoms with Crippen LogP contribution < -0.4 is 14.8 Å². The van der Waals surface area contributed by atoms with Crippen molar-refractivity contribution in [1.82, 2.24) is 10.3 Å². The van der Waals surface area contributed by atoms with Crippen LogP contribution in [0.25, 0.3) is 0 Å². The summed E-state index contributed by atoms with van der Waals surface area (Å²) in [6, 6.07) is 3.62. The molecule has 1 unspecified atom stereocenters. The number of amides is 1. The Kier molecular flexibility index (Phi) is 4.35. The second kappa shape index (κ2) is 6.26. The molecule has 5 nitrogen and oxygen atoms in total. The molecule has 0 fully saturated rings. The molecule has 2 heterocycles.